The Kier molecular flexibility index (Phi) is 6.87. The van der Waals surface area contributed by atoms with Crippen molar-refractivity contribution in [2.75, 3.05) is 36.1 Å². The molecule has 29 heavy (non-hydrogen) atoms. The maximum Gasteiger partial charge on any atom is 0.239 e. The highest BCUT2D eigenvalue weighted by atomic mass is 32.2. The van der Waals surface area contributed by atoms with E-state index in [2.05, 4.69) is 10.2 Å². The van der Waals surface area contributed by atoms with E-state index in [1.54, 1.807) is 6.07 Å². The zero-order chi connectivity index (χ0) is 20.9. The van der Waals surface area contributed by atoms with E-state index in [0.717, 1.165) is 29.3 Å². The van der Waals surface area contributed by atoms with Crippen LogP contribution in [0.25, 0.3) is 0 Å². The Bertz CT molecular complexity index is 942. The molecule has 6 nitrogen and oxygen atoms in total. The normalized spacial score (nSPS) is 14.8. The van der Waals surface area contributed by atoms with Gasteiger partial charge in [0.05, 0.1) is 12.8 Å². The number of benzene rings is 2. The zero-order valence-electron chi connectivity index (χ0n) is 16.5. The molecule has 1 aliphatic rings. The average Bonchev–Trinajstić information content (AvgIpc) is 2.69. The van der Waals surface area contributed by atoms with E-state index in [1.807, 2.05) is 24.3 Å². The van der Waals surface area contributed by atoms with Crippen LogP contribution in [0.3, 0.4) is 0 Å². The van der Waals surface area contributed by atoms with Gasteiger partial charge in [-0.2, -0.15) is 4.31 Å². The van der Waals surface area contributed by atoms with Gasteiger partial charge in [0.1, 0.15) is 5.82 Å². The second kappa shape index (κ2) is 9.37. The van der Waals surface area contributed by atoms with Crippen LogP contribution in [0.15, 0.2) is 48.5 Å². The molecule has 1 fully saturated rings. The zero-order valence-corrected chi connectivity index (χ0v) is 17.3. The number of halogens is 1. The second-order valence-corrected chi connectivity index (χ2v) is 9.25. The van der Waals surface area contributed by atoms with Gasteiger partial charge in [-0.3, -0.25) is 4.79 Å². The Balaban J connectivity index is 1.63. The Morgan fingerprint density at radius 2 is 1.72 bits per heavy atom. The van der Waals surface area contributed by atoms with Crippen LogP contribution >= 0.6 is 0 Å². The van der Waals surface area contributed by atoms with E-state index in [0.29, 0.717) is 5.69 Å². The Morgan fingerprint density at radius 3 is 2.34 bits per heavy atom. The van der Waals surface area contributed by atoms with E-state index in [1.165, 1.54) is 37.5 Å². The number of rotatable bonds is 7. The molecule has 0 spiro atoms. The van der Waals surface area contributed by atoms with Gasteiger partial charge in [-0.15, -0.1) is 0 Å². The molecule has 0 unspecified atom stereocenters. The summed E-state index contributed by atoms with van der Waals surface area (Å²) in [6, 6.07) is 13.5. The lowest BCUT2D eigenvalue weighted by Gasteiger charge is -2.28. The molecule has 1 N–H and O–H groups in total. The van der Waals surface area contributed by atoms with Gasteiger partial charge in [0, 0.05) is 36.6 Å². The first-order valence-corrected chi connectivity index (χ1v) is 11.5. The van der Waals surface area contributed by atoms with Crippen molar-refractivity contribution in [3.8, 4) is 0 Å². The number of piperidine rings is 1. The van der Waals surface area contributed by atoms with Crippen LogP contribution in [-0.4, -0.2) is 44.5 Å². The van der Waals surface area contributed by atoms with Crippen LogP contribution in [0.5, 0.6) is 0 Å². The molecule has 1 saturated heterocycles. The molecular weight excluding hydrogens is 393 g/mol. The lowest BCUT2D eigenvalue weighted by atomic mass is 10.1. The highest BCUT2D eigenvalue weighted by Crippen LogP contribution is 2.22. The van der Waals surface area contributed by atoms with Gasteiger partial charge in [-0.1, -0.05) is 18.2 Å². The molecule has 156 valence electrons. The summed E-state index contributed by atoms with van der Waals surface area (Å²) in [6.07, 6.45) is 4.63. The van der Waals surface area contributed by atoms with E-state index in [-0.39, 0.29) is 18.7 Å². The second-order valence-electron chi connectivity index (χ2n) is 7.27. The molecule has 1 heterocycles. The van der Waals surface area contributed by atoms with E-state index in [4.69, 9.17) is 0 Å². The number of carbonyl (C=O) groups excluding carboxylic acids is 1. The van der Waals surface area contributed by atoms with Gasteiger partial charge in [-0.05, 0) is 49.6 Å². The molecule has 0 radical (unpaired) electrons. The molecule has 2 aromatic rings. The number of anilines is 2. The molecule has 0 saturated carbocycles. The molecule has 1 amide bonds. The molecule has 1 aliphatic heterocycles. The van der Waals surface area contributed by atoms with Crippen LogP contribution in [0.2, 0.25) is 0 Å². The van der Waals surface area contributed by atoms with Gasteiger partial charge in [0.15, 0.2) is 0 Å². The smallest absolute Gasteiger partial charge is 0.239 e. The molecule has 3 rings (SSSR count). The molecule has 0 bridgehead atoms. The molecule has 0 aromatic heterocycles. The van der Waals surface area contributed by atoms with Crippen LogP contribution in [-0.2, 0) is 21.4 Å². The van der Waals surface area contributed by atoms with Crippen molar-refractivity contribution < 1.29 is 17.6 Å². The lowest BCUT2D eigenvalue weighted by Crippen LogP contribution is -2.37. The summed E-state index contributed by atoms with van der Waals surface area (Å²) in [4.78, 5) is 14.7. The van der Waals surface area contributed by atoms with Crippen molar-refractivity contribution in [2.45, 2.75) is 25.8 Å². The number of nitrogens with zero attached hydrogens (tertiary/aromatic N) is 2. The van der Waals surface area contributed by atoms with Crippen LogP contribution < -0.4 is 10.2 Å². The van der Waals surface area contributed by atoms with Crippen molar-refractivity contribution in [1.29, 1.82) is 0 Å². The number of hydrogen-bond donors (Lipinski definition) is 1. The quantitative estimate of drug-likeness (QED) is 0.748. The van der Waals surface area contributed by atoms with Gasteiger partial charge in [0.25, 0.3) is 0 Å². The highest BCUT2D eigenvalue weighted by molar-refractivity contribution is 7.88. The minimum absolute atomic E-state index is 0.202. The largest absolute Gasteiger partial charge is 0.372 e. The maximum atomic E-state index is 13.9. The fraction of sp³-hybridized carbons (Fsp3) is 0.381. The van der Waals surface area contributed by atoms with Crippen molar-refractivity contribution in [3.05, 3.63) is 59.9 Å². The first-order chi connectivity index (χ1) is 13.8. The first kappa shape index (κ1) is 21.3. The number of carbonyl (C=O) groups is 1. The SMILES string of the molecule is CS(=O)(=O)N(CC(=O)Nc1ccc(N2CCCCC2)cc1)Cc1ccccc1F. The Labute approximate surface area is 171 Å². The molecule has 8 heteroatoms. The fourth-order valence-electron chi connectivity index (χ4n) is 3.38. The highest BCUT2D eigenvalue weighted by Gasteiger charge is 2.22. The summed E-state index contributed by atoms with van der Waals surface area (Å²) < 4.78 is 39.0. The van der Waals surface area contributed by atoms with Crippen LogP contribution in [0.1, 0.15) is 24.8 Å². The summed E-state index contributed by atoms with van der Waals surface area (Å²) in [5.74, 6) is -0.979. The van der Waals surface area contributed by atoms with Crippen molar-refractivity contribution in [2.24, 2.45) is 0 Å². The number of nitrogens with one attached hydrogen (secondary N) is 1. The third kappa shape index (κ3) is 6.01. The van der Waals surface area contributed by atoms with Crippen molar-refractivity contribution in [1.82, 2.24) is 4.31 Å². The van der Waals surface area contributed by atoms with Gasteiger partial charge in [0.2, 0.25) is 15.9 Å². The topological polar surface area (TPSA) is 69.7 Å². The minimum Gasteiger partial charge on any atom is -0.372 e. The molecule has 0 atom stereocenters. The van der Waals surface area contributed by atoms with E-state index in [9.17, 15) is 17.6 Å². The summed E-state index contributed by atoms with van der Waals surface area (Å²) in [5.41, 5.74) is 1.92. The molecule has 2 aromatic carbocycles. The summed E-state index contributed by atoms with van der Waals surface area (Å²) in [6.45, 7) is 1.48. The number of sulfonamides is 1. The minimum atomic E-state index is -3.69. The van der Waals surface area contributed by atoms with Gasteiger partial charge >= 0.3 is 0 Å². The van der Waals surface area contributed by atoms with Crippen LogP contribution in [0.4, 0.5) is 15.8 Å². The standard InChI is InChI=1S/C21H26FN3O3S/c1-29(27,28)25(15-17-7-3-4-8-20(17)22)16-21(26)23-18-9-11-19(12-10-18)24-13-5-2-6-14-24/h3-4,7-12H,2,5-6,13-16H2,1H3,(H,23,26). The molecule has 0 aliphatic carbocycles. The summed E-state index contributed by atoms with van der Waals surface area (Å²) in [7, 11) is -3.69. The van der Waals surface area contributed by atoms with Gasteiger partial charge in [-0.25, -0.2) is 12.8 Å². The average molecular weight is 420 g/mol. The third-order valence-corrected chi connectivity index (χ3v) is 6.16. The fourth-order valence-corrected chi connectivity index (χ4v) is 4.10. The van der Waals surface area contributed by atoms with E-state index >= 15 is 0 Å². The van der Waals surface area contributed by atoms with Crippen molar-refractivity contribution in [3.63, 3.8) is 0 Å². The number of amides is 1. The van der Waals surface area contributed by atoms with Gasteiger partial charge < -0.3 is 10.2 Å². The van der Waals surface area contributed by atoms with E-state index < -0.39 is 21.7 Å². The first-order valence-electron chi connectivity index (χ1n) is 9.66. The van der Waals surface area contributed by atoms with Crippen molar-refractivity contribution >= 4 is 27.3 Å². The lowest BCUT2D eigenvalue weighted by molar-refractivity contribution is -0.116. The maximum absolute atomic E-state index is 13.9. The Morgan fingerprint density at radius 1 is 1.07 bits per heavy atom. The predicted molar refractivity (Wildman–Crippen MR) is 113 cm³/mol. The summed E-state index contributed by atoms with van der Waals surface area (Å²) >= 11 is 0. The Hall–Kier alpha value is -2.45. The third-order valence-electron chi connectivity index (χ3n) is 4.97. The van der Waals surface area contributed by atoms with Crippen LogP contribution in [0, 0.1) is 5.82 Å². The monoisotopic (exact) mass is 419 g/mol. The predicted octanol–water partition coefficient (Wildman–Crippen LogP) is 3.22. The molecular formula is C21H26FN3O3S. The summed E-state index contributed by atoms with van der Waals surface area (Å²) in [5, 5.41) is 2.72. The number of hydrogen-bond acceptors (Lipinski definition) is 4.